The van der Waals surface area contributed by atoms with Crippen molar-refractivity contribution >= 4 is 17.4 Å². The van der Waals surface area contributed by atoms with Crippen LogP contribution < -0.4 is 10.5 Å². The molecule has 1 aromatic carbocycles. The first-order valence-corrected chi connectivity index (χ1v) is 7.41. The van der Waals surface area contributed by atoms with Crippen LogP contribution in [-0.2, 0) is 0 Å². The van der Waals surface area contributed by atoms with Crippen molar-refractivity contribution in [1.29, 1.82) is 0 Å². The molecule has 0 radical (unpaired) electrons. The molecule has 0 aromatic heterocycles. The lowest BCUT2D eigenvalue weighted by Gasteiger charge is -2.13. The van der Waals surface area contributed by atoms with Crippen LogP contribution in [-0.4, -0.2) is 11.9 Å². The van der Waals surface area contributed by atoms with Crippen molar-refractivity contribution in [1.82, 2.24) is 0 Å². The molecule has 0 saturated carbocycles. The second kappa shape index (κ2) is 7.52. The minimum absolute atomic E-state index is 0.0407. The van der Waals surface area contributed by atoms with Gasteiger partial charge in [0.1, 0.15) is 0 Å². The number of nitrogen functional groups attached to an aromatic ring is 1. The van der Waals surface area contributed by atoms with E-state index in [0.29, 0.717) is 5.69 Å². The fraction of sp³-hybridized carbons (Fsp3) is 0.571. The standard InChI is InChI=1S/C14H22FNOS/c1-4-5-6-7-18-14-9-13(17-10(2)3)11(15)8-12(14)16/h8-10H,4-7,16H2,1-3H3. The number of ether oxygens (including phenoxy) is 1. The highest BCUT2D eigenvalue weighted by Gasteiger charge is 2.10. The summed E-state index contributed by atoms with van der Waals surface area (Å²) in [6, 6.07) is 3.06. The van der Waals surface area contributed by atoms with E-state index in [9.17, 15) is 4.39 Å². The summed E-state index contributed by atoms with van der Waals surface area (Å²) in [5, 5.41) is 0. The van der Waals surface area contributed by atoms with Gasteiger partial charge in [0.2, 0.25) is 0 Å². The fourth-order valence-corrected chi connectivity index (χ4v) is 2.54. The van der Waals surface area contributed by atoms with Crippen molar-refractivity contribution in [3.63, 3.8) is 0 Å². The number of halogens is 1. The molecule has 0 unspecified atom stereocenters. The Hall–Kier alpha value is -0.900. The van der Waals surface area contributed by atoms with Gasteiger partial charge in [-0.15, -0.1) is 11.8 Å². The van der Waals surface area contributed by atoms with Crippen LogP contribution in [0, 0.1) is 5.82 Å². The molecular formula is C14H22FNOS. The lowest BCUT2D eigenvalue weighted by molar-refractivity contribution is 0.230. The molecular weight excluding hydrogens is 249 g/mol. The Labute approximate surface area is 113 Å². The Morgan fingerprint density at radius 1 is 1.33 bits per heavy atom. The predicted molar refractivity (Wildman–Crippen MR) is 76.8 cm³/mol. The van der Waals surface area contributed by atoms with E-state index in [0.717, 1.165) is 17.1 Å². The predicted octanol–water partition coefficient (Wildman–Crippen LogP) is 4.48. The first-order chi connectivity index (χ1) is 8.54. The van der Waals surface area contributed by atoms with Gasteiger partial charge in [0.15, 0.2) is 11.6 Å². The van der Waals surface area contributed by atoms with Crippen LogP contribution in [0.25, 0.3) is 0 Å². The largest absolute Gasteiger partial charge is 0.488 e. The van der Waals surface area contributed by atoms with E-state index in [1.165, 1.54) is 18.9 Å². The van der Waals surface area contributed by atoms with Crippen LogP contribution in [0.3, 0.4) is 0 Å². The van der Waals surface area contributed by atoms with Crippen molar-refractivity contribution in [3.8, 4) is 5.75 Å². The molecule has 2 N–H and O–H groups in total. The van der Waals surface area contributed by atoms with Gasteiger partial charge < -0.3 is 10.5 Å². The summed E-state index contributed by atoms with van der Waals surface area (Å²) in [6.07, 6.45) is 3.52. The average Bonchev–Trinajstić information content (AvgIpc) is 2.29. The number of unbranched alkanes of at least 4 members (excludes halogenated alkanes) is 2. The van der Waals surface area contributed by atoms with E-state index in [-0.39, 0.29) is 17.7 Å². The molecule has 4 heteroatoms. The zero-order chi connectivity index (χ0) is 13.5. The zero-order valence-corrected chi connectivity index (χ0v) is 12.1. The number of anilines is 1. The molecule has 0 spiro atoms. The van der Waals surface area contributed by atoms with Crippen LogP contribution in [0.15, 0.2) is 17.0 Å². The van der Waals surface area contributed by atoms with Gasteiger partial charge in [0, 0.05) is 16.6 Å². The van der Waals surface area contributed by atoms with E-state index in [1.807, 2.05) is 13.8 Å². The molecule has 0 bridgehead atoms. The van der Waals surface area contributed by atoms with Crippen LogP contribution in [0.5, 0.6) is 5.75 Å². The molecule has 0 amide bonds. The molecule has 18 heavy (non-hydrogen) atoms. The Bertz CT molecular complexity index is 382. The van der Waals surface area contributed by atoms with Gasteiger partial charge in [0.05, 0.1) is 6.10 Å². The Balaban J connectivity index is 2.71. The maximum atomic E-state index is 13.6. The molecule has 1 aromatic rings. The molecule has 0 saturated heterocycles. The molecule has 1 rings (SSSR count). The summed E-state index contributed by atoms with van der Waals surface area (Å²) in [4.78, 5) is 0.906. The highest BCUT2D eigenvalue weighted by Crippen LogP contribution is 2.32. The SMILES string of the molecule is CCCCCSc1cc(OC(C)C)c(F)cc1N. The summed E-state index contributed by atoms with van der Waals surface area (Å²) in [5.41, 5.74) is 6.31. The summed E-state index contributed by atoms with van der Waals surface area (Å²) in [7, 11) is 0. The third-order valence-electron chi connectivity index (χ3n) is 2.43. The normalized spacial score (nSPS) is 10.9. The highest BCUT2D eigenvalue weighted by molar-refractivity contribution is 7.99. The number of thioether (sulfide) groups is 1. The Morgan fingerprint density at radius 3 is 2.67 bits per heavy atom. The second-order valence-corrected chi connectivity index (χ2v) is 5.68. The molecule has 0 atom stereocenters. The third kappa shape index (κ3) is 4.77. The number of hydrogen-bond donors (Lipinski definition) is 1. The molecule has 0 heterocycles. The van der Waals surface area contributed by atoms with Gasteiger partial charge in [0.25, 0.3) is 0 Å². The molecule has 102 valence electrons. The van der Waals surface area contributed by atoms with Gasteiger partial charge >= 0.3 is 0 Å². The van der Waals surface area contributed by atoms with E-state index >= 15 is 0 Å². The van der Waals surface area contributed by atoms with Crippen molar-refractivity contribution in [3.05, 3.63) is 17.9 Å². The van der Waals surface area contributed by atoms with Crippen LogP contribution in [0.2, 0.25) is 0 Å². The van der Waals surface area contributed by atoms with E-state index in [2.05, 4.69) is 6.92 Å². The maximum Gasteiger partial charge on any atom is 0.167 e. The molecule has 2 nitrogen and oxygen atoms in total. The number of hydrogen-bond acceptors (Lipinski definition) is 3. The highest BCUT2D eigenvalue weighted by atomic mass is 32.2. The number of benzene rings is 1. The molecule has 0 aliphatic carbocycles. The van der Waals surface area contributed by atoms with Gasteiger partial charge in [-0.05, 0) is 32.1 Å². The minimum atomic E-state index is -0.390. The van der Waals surface area contributed by atoms with Gasteiger partial charge in [-0.3, -0.25) is 0 Å². The molecule has 0 aliphatic rings. The quantitative estimate of drug-likeness (QED) is 0.451. The van der Waals surface area contributed by atoms with Crippen LogP contribution in [0.1, 0.15) is 40.0 Å². The van der Waals surface area contributed by atoms with E-state index in [1.54, 1.807) is 17.8 Å². The summed E-state index contributed by atoms with van der Waals surface area (Å²) in [5.74, 6) is 0.904. The summed E-state index contributed by atoms with van der Waals surface area (Å²) >= 11 is 1.67. The first kappa shape index (κ1) is 15.2. The smallest absolute Gasteiger partial charge is 0.167 e. The first-order valence-electron chi connectivity index (χ1n) is 6.43. The summed E-state index contributed by atoms with van der Waals surface area (Å²) in [6.45, 7) is 5.93. The van der Waals surface area contributed by atoms with E-state index < -0.39 is 0 Å². The Morgan fingerprint density at radius 2 is 2.06 bits per heavy atom. The van der Waals surface area contributed by atoms with Crippen LogP contribution >= 0.6 is 11.8 Å². The lowest BCUT2D eigenvalue weighted by Crippen LogP contribution is -2.07. The molecule has 0 fully saturated rings. The van der Waals surface area contributed by atoms with Crippen molar-refractivity contribution in [2.45, 2.75) is 51.0 Å². The van der Waals surface area contributed by atoms with Crippen LogP contribution in [0.4, 0.5) is 10.1 Å². The van der Waals surface area contributed by atoms with Gasteiger partial charge in [-0.1, -0.05) is 19.8 Å². The minimum Gasteiger partial charge on any atom is -0.488 e. The fourth-order valence-electron chi connectivity index (χ4n) is 1.55. The van der Waals surface area contributed by atoms with Crippen molar-refractivity contribution < 1.29 is 9.13 Å². The van der Waals surface area contributed by atoms with Gasteiger partial charge in [-0.2, -0.15) is 0 Å². The maximum absolute atomic E-state index is 13.6. The monoisotopic (exact) mass is 271 g/mol. The lowest BCUT2D eigenvalue weighted by atomic mass is 10.3. The van der Waals surface area contributed by atoms with Gasteiger partial charge in [-0.25, -0.2) is 4.39 Å². The number of nitrogens with two attached hydrogens (primary N) is 1. The molecule has 0 aliphatic heterocycles. The third-order valence-corrected chi connectivity index (χ3v) is 3.59. The topological polar surface area (TPSA) is 35.2 Å². The zero-order valence-electron chi connectivity index (χ0n) is 11.3. The van der Waals surface area contributed by atoms with E-state index in [4.69, 9.17) is 10.5 Å². The van der Waals surface area contributed by atoms with Crippen molar-refractivity contribution in [2.75, 3.05) is 11.5 Å². The second-order valence-electron chi connectivity index (χ2n) is 4.54. The number of rotatable bonds is 7. The summed E-state index contributed by atoms with van der Waals surface area (Å²) < 4.78 is 19.0. The van der Waals surface area contributed by atoms with Crippen molar-refractivity contribution in [2.24, 2.45) is 0 Å². The average molecular weight is 271 g/mol. The Kier molecular flexibility index (Phi) is 6.33.